The number of anilines is 1. The molecule has 0 atom stereocenters. The first kappa shape index (κ1) is 16.7. The fourth-order valence-electron chi connectivity index (χ4n) is 3.24. The summed E-state index contributed by atoms with van der Waals surface area (Å²) in [6, 6.07) is 8.33. The molecule has 0 spiro atoms. The maximum Gasteiger partial charge on any atom is 0.160 e. The Morgan fingerprint density at radius 1 is 1.04 bits per heavy atom. The quantitative estimate of drug-likeness (QED) is 0.785. The molecule has 1 saturated heterocycles. The van der Waals surface area contributed by atoms with Gasteiger partial charge in [-0.1, -0.05) is 0 Å². The third kappa shape index (κ3) is 3.17. The molecule has 7 heteroatoms. The molecular formula is C19H21FN6. The number of aromatic amines is 1. The summed E-state index contributed by atoms with van der Waals surface area (Å²) in [5, 5.41) is 7.75. The Morgan fingerprint density at radius 3 is 2.46 bits per heavy atom. The van der Waals surface area contributed by atoms with Gasteiger partial charge >= 0.3 is 0 Å². The number of hydrogen-bond donors (Lipinski definition) is 1. The highest BCUT2D eigenvalue weighted by Gasteiger charge is 2.24. The number of benzene rings is 1. The molecule has 2 aromatic heterocycles. The molecule has 0 bridgehead atoms. The standard InChI is InChI=1S/C19H21FN6/c1-13-21-8-7-16(22-13)17-18(14-3-5-15(20)6-4-14)23-24-19(17)26-11-9-25(2)10-12-26/h3-8H,9-12H2,1-2H3,(H,23,24). The van der Waals surface area contributed by atoms with Crippen LogP contribution in [0.25, 0.3) is 22.5 Å². The van der Waals surface area contributed by atoms with Gasteiger partial charge in [-0.05, 0) is 44.3 Å². The Hall–Kier alpha value is -2.80. The third-order valence-corrected chi connectivity index (χ3v) is 4.72. The van der Waals surface area contributed by atoms with Crippen molar-refractivity contribution < 1.29 is 4.39 Å². The van der Waals surface area contributed by atoms with Crippen LogP contribution in [0.3, 0.4) is 0 Å². The summed E-state index contributed by atoms with van der Waals surface area (Å²) in [5.74, 6) is 1.33. The molecule has 0 unspecified atom stereocenters. The van der Waals surface area contributed by atoms with Crippen molar-refractivity contribution in [1.82, 2.24) is 25.1 Å². The molecule has 4 rings (SSSR count). The minimum Gasteiger partial charge on any atom is -0.352 e. The lowest BCUT2D eigenvalue weighted by atomic mass is 10.0. The van der Waals surface area contributed by atoms with Gasteiger partial charge in [0.1, 0.15) is 11.6 Å². The molecule has 3 heterocycles. The lowest BCUT2D eigenvalue weighted by Crippen LogP contribution is -2.44. The molecule has 134 valence electrons. The van der Waals surface area contributed by atoms with E-state index in [0.717, 1.165) is 54.5 Å². The summed E-state index contributed by atoms with van der Waals surface area (Å²) < 4.78 is 13.4. The predicted molar refractivity (Wildman–Crippen MR) is 99.5 cm³/mol. The van der Waals surface area contributed by atoms with Crippen LogP contribution < -0.4 is 4.90 Å². The Labute approximate surface area is 151 Å². The van der Waals surface area contributed by atoms with Gasteiger partial charge in [0, 0.05) is 37.9 Å². The Morgan fingerprint density at radius 2 is 1.77 bits per heavy atom. The molecule has 0 saturated carbocycles. The highest BCUT2D eigenvalue weighted by Crippen LogP contribution is 2.37. The number of hydrogen-bond acceptors (Lipinski definition) is 5. The minimum absolute atomic E-state index is 0.257. The van der Waals surface area contributed by atoms with Crippen LogP contribution in [-0.2, 0) is 0 Å². The van der Waals surface area contributed by atoms with Crippen molar-refractivity contribution in [2.75, 3.05) is 38.1 Å². The number of aromatic nitrogens is 4. The van der Waals surface area contributed by atoms with E-state index in [2.05, 4.69) is 37.0 Å². The van der Waals surface area contributed by atoms with E-state index in [4.69, 9.17) is 0 Å². The molecule has 1 aromatic carbocycles. The fourth-order valence-corrected chi connectivity index (χ4v) is 3.24. The molecule has 1 aliphatic rings. The number of nitrogens with one attached hydrogen (secondary N) is 1. The van der Waals surface area contributed by atoms with E-state index >= 15 is 0 Å². The maximum atomic E-state index is 13.4. The first-order valence-electron chi connectivity index (χ1n) is 8.69. The van der Waals surface area contributed by atoms with E-state index in [9.17, 15) is 4.39 Å². The molecule has 1 aliphatic heterocycles. The van der Waals surface area contributed by atoms with Gasteiger partial charge in [0.05, 0.1) is 17.0 Å². The molecule has 0 amide bonds. The van der Waals surface area contributed by atoms with Gasteiger partial charge in [-0.2, -0.15) is 5.10 Å². The van der Waals surface area contributed by atoms with E-state index in [0.29, 0.717) is 5.82 Å². The first-order chi connectivity index (χ1) is 12.6. The number of halogens is 1. The van der Waals surface area contributed by atoms with Gasteiger partial charge in [-0.15, -0.1) is 0 Å². The van der Waals surface area contributed by atoms with Crippen molar-refractivity contribution in [3.05, 3.63) is 48.2 Å². The predicted octanol–water partition coefficient (Wildman–Crippen LogP) is 2.73. The maximum absolute atomic E-state index is 13.4. The number of rotatable bonds is 3. The van der Waals surface area contributed by atoms with Crippen molar-refractivity contribution in [3.63, 3.8) is 0 Å². The van der Waals surface area contributed by atoms with Crippen molar-refractivity contribution in [2.24, 2.45) is 0 Å². The van der Waals surface area contributed by atoms with E-state index < -0.39 is 0 Å². The van der Waals surface area contributed by atoms with Gasteiger partial charge in [-0.3, -0.25) is 5.10 Å². The van der Waals surface area contributed by atoms with Crippen LogP contribution in [0.4, 0.5) is 10.2 Å². The minimum atomic E-state index is -0.257. The monoisotopic (exact) mass is 352 g/mol. The van der Waals surface area contributed by atoms with Crippen LogP contribution in [0.2, 0.25) is 0 Å². The normalized spacial score (nSPS) is 15.4. The summed E-state index contributed by atoms with van der Waals surface area (Å²) in [6.07, 6.45) is 1.76. The lowest BCUT2D eigenvalue weighted by molar-refractivity contribution is 0.312. The zero-order valence-electron chi connectivity index (χ0n) is 14.9. The Balaban J connectivity index is 1.83. The average Bonchev–Trinajstić information content (AvgIpc) is 3.08. The van der Waals surface area contributed by atoms with E-state index in [1.807, 2.05) is 13.0 Å². The van der Waals surface area contributed by atoms with Crippen LogP contribution in [0.5, 0.6) is 0 Å². The molecule has 0 radical (unpaired) electrons. The van der Waals surface area contributed by atoms with Gasteiger partial charge in [-0.25, -0.2) is 14.4 Å². The van der Waals surface area contributed by atoms with Crippen molar-refractivity contribution in [3.8, 4) is 22.5 Å². The highest BCUT2D eigenvalue weighted by molar-refractivity contribution is 5.87. The van der Waals surface area contributed by atoms with Gasteiger partial charge < -0.3 is 9.80 Å². The summed E-state index contributed by atoms with van der Waals surface area (Å²) in [7, 11) is 2.13. The molecule has 1 N–H and O–H groups in total. The first-order valence-corrected chi connectivity index (χ1v) is 8.69. The molecule has 1 fully saturated rings. The third-order valence-electron chi connectivity index (χ3n) is 4.72. The summed E-state index contributed by atoms with van der Waals surface area (Å²) in [6.45, 7) is 5.65. The number of piperazine rings is 1. The number of likely N-dealkylation sites (N-methyl/N-ethyl adjacent to an activating group) is 1. The number of nitrogens with zero attached hydrogens (tertiary/aromatic N) is 5. The topological polar surface area (TPSA) is 60.9 Å². The largest absolute Gasteiger partial charge is 0.352 e. The second-order valence-corrected chi connectivity index (χ2v) is 6.58. The second kappa shape index (κ2) is 6.84. The van der Waals surface area contributed by atoms with Crippen LogP contribution in [0, 0.1) is 12.7 Å². The Kier molecular flexibility index (Phi) is 4.38. The molecule has 6 nitrogen and oxygen atoms in total. The smallest absolute Gasteiger partial charge is 0.160 e. The fraction of sp³-hybridized carbons (Fsp3) is 0.316. The van der Waals surface area contributed by atoms with Crippen LogP contribution >= 0.6 is 0 Å². The van der Waals surface area contributed by atoms with Crippen molar-refractivity contribution in [2.45, 2.75) is 6.92 Å². The van der Waals surface area contributed by atoms with Crippen LogP contribution in [0.1, 0.15) is 5.82 Å². The van der Waals surface area contributed by atoms with Gasteiger partial charge in [0.2, 0.25) is 0 Å². The lowest BCUT2D eigenvalue weighted by Gasteiger charge is -2.33. The number of aryl methyl sites for hydroxylation is 1. The second-order valence-electron chi connectivity index (χ2n) is 6.58. The van der Waals surface area contributed by atoms with Gasteiger partial charge in [0.15, 0.2) is 5.82 Å². The molecular weight excluding hydrogens is 331 g/mol. The van der Waals surface area contributed by atoms with E-state index in [1.165, 1.54) is 12.1 Å². The van der Waals surface area contributed by atoms with Gasteiger partial charge in [0.25, 0.3) is 0 Å². The molecule has 26 heavy (non-hydrogen) atoms. The zero-order chi connectivity index (χ0) is 18.1. The molecule has 0 aliphatic carbocycles. The summed E-state index contributed by atoms with van der Waals surface area (Å²) in [5.41, 5.74) is 3.48. The highest BCUT2D eigenvalue weighted by atomic mass is 19.1. The summed E-state index contributed by atoms with van der Waals surface area (Å²) in [4.78, 5) is 13.4. The number of H-pyrrole nitrogens is 1. The van der Waals surface area contributed by atoms with E-state index in [-0.39, 0.29) is 5.82 Å². The Bertz CT molecular complexity index is 897. The SMILES string of the molecule is Cc1nccc(-c2c(N3CCN(C)CC3)n[nH]c2-c2ccc(F)cc2)n1. The van der Waals surface area contributed by atoms with Crippen molar-refractivity contribution in [1.29, 1.82) is 0 Å². The van der Waals surface area contributed by atoms with Crippen molar-refractivity contribution >= 4 is 5.82 Å². The van der Waals surface area contributed by atoms with E-state index in [1.54, 1.807) is 18.3 Å². The van der Waals surface area contributed by atoms with Crippen LogP contribution in [-0.4, -0.2) is 58.3 Å². The van der Waals surface area contributed by atoms with Crippen LogP contribution in [0.15, 0.2) is 36.5 Å². The zero-order valence-corrected chi connectivity index (χ0v) is 14.9. The average molecular weight is 352 g/mol. The summed E-state index contributed by atoms with van der Waals surface area (Å²) >= 11 is 0. The molecule has 3 aromatic rings.